The number of amides is 1. The van der Waals surface area contributed by atoms with E-state index in [0.29, 0.717) is 0 Å². The Bertz CT molecular complexity index is 308. The standard InChI is InChI=1S/C9H16N2O5/c1-4(12)11-9(2)7(14)6(13)5(3-10-9)8(15)16/h5-7,10,13-14H,3H2,1-2H3,(H,11,12)(H,15,16)/t5?,6-,7?,9+/m0/s1. The molecule has 0 spiro atoms. The van der Waals surface area contributed by atoms with Gasteiger partial charge in [-0.3, -0.25) is 14.9 Å². The van der Waals surface area contributed by atoms with E-state index in [2.05, 4.69) is 10.6 Å². The van der Waals surface area contributed by atoms with E-state index in [1.165, 1.54) is 13.8 Å². The zero-order chi connectivity index (χ0) is 12.5. The van der Waals surface area contributed by atoms with Crippen LogP contribution < -0.4 is 10.6 Å². The molecular weight excluding hydrogens is 216 g/mol. The molecule has 0 aromatic carbocycles. The van der Waals surface area contributed by atoms with E-state index in [4.69, 9.17) is 5.11 Å². The zero-order valence-corrected chi connectivity index (χ0v) is 9.10. The molecule has 1 aliphatic heterocycles. The van der Waals surface area contributed by atoms with Crippen molar-refractivity contribution in [2.75, 3.05) is 6.54 Å². The van der Waals surface area contributed by atoms with Gasteiger partial charge >= 0.3 is 5.97 Å². The highest BCUT2D eigenvalue weighted by Crippen LogP contribution is 2.22. The molecule has 7 nitrogen and oxygen atoms in total. The minimum Gasteiger partial charge on any atom is -0.481 e. The van der Waals surface area contributed by atoms with E-state index in [1.807, 2.05) is 0 Å². The molecule has 1 saturated heterocycles. The molecule has 2 unspecified atom stereocenters. The number of carbonyl (C=O) groups is 2. The van der Waals surface area contributed by atoms with Crippen molar-refractivity contribution in [1.82, 2.24) is 10.6 Å². The summed E-state index contributed by atoms with van der Waals surface area (Å²) in [5.41, 5.74) is -1.21. The van der Waals surface area contributed by atoms with Crippen LogP contribution in [0, 0.1) is 5.92 Å². The quantitative estimate of drug-likeness (QED) is 0.371. The topological polar surface area (TPSA) is 119 Å². The van der Waals surface area contributed by atoms with Crippen molar-refractivity contribution >= 4 is 11.9 Å². The maximum Gasteiger partial charge on any atom is 0.310 e. The molecule has 0 aliphatic carbocycles. The molecule has 1 aliphatic rings. The summed E-state index contributed by atoms with van der Waals surface area (Å²) < 4.78 is 0. The maximum atomic E-state index is 10.9. The lowest BCUT2D eigenvalue weighted by molar-refractivity contribution is -0.159. The van der Waals surface area contributed by atoms with Crippen molar-refractivity contribution in [3.05, 3.63) is 0 Å². The van der Waals surface area contributed by atoms with Crippen LogP contribution in [0.25, 0.3) is 0 Å². The number of carboxylic acid groups (broad SMARTS) is 1. The molecule has 0 aromatic rings. The van der Waals surface area contributed by atoms with Gasteiger partial charge in [-0.1, -0.05) is 0 Å². The Balaban J connectivity index is 2.82. The number of aliphatic carboxylic acids is 1. The Morgan fingerprint density at radius 3 is 2.44 bits per heavy atom. The first-order chi connectivity index (χ1) is 7.28. The van der Waals surface area contributed by atoms with Crippen LogP contribution in [0.1, 0.15) is 13.8 Å². The van der Waals surface area contributed by atoms with Gasteiger partial charge in [-0.15, -0.1) is 0 Å². The molecule has 1 amide bonds. The number of hydrogen-bond donors (Lipinski definition) is 5. The van der Waals surface area contributed by atoms with Gasteiger partial charge in [-0.25, -0.2) is 0 Å². The van der Waals surface area contributed by atoms with E-state index >= 15 is 0 Å². The predicted molar refractivity (Wildman–Crippen MR) is 53.4 cm³/mol. The molecule has 16 heavy (non-hydrogen) atoms. The third-order valence-electron chi connectivity index (χ3n) is 2.77. The number of aliphatic hydroxyl groups is 2. The van der Waals surface area contributed by atoms with Crippen LogP contribution in [0.15, 0.2) is 0 Å². The van der Waals surface area contributed by atoms with Crippen LogP contribution in [0.3, 0.4) is 0 Å². The molecule has 0 radical (unpaired) electrons. The van der Waals surface area contributed by atoms with Crippen LogP contribution in [-0.2, 0) is 9.59 Å². The molecule has 1 heterocycles. The summed E-state index contributed by atoms with van der Waals surface area (Å²) in [5.74, 6) is -2.66. The Morgan fingerprint density at radius 2 is 2.00 bits per heavy atom. The second-order valence-corrected chi connectivity index (χ2v) is 4.14. The van der Waals surface area contributed by atoms with Crippen molar-refractivity contribution in [3.8, 4) is 0 Å². The Hall–Kier alpha value is -1.18. The van der Waals surface area contributed by atoms with Crippen LogP contribution in [0.5, 0.6) is 0 Å². The van der Waals surface area contributed by atoms with E-state index in [9.17, 15) is 19.8 Å². The first-order valence-corrected chi connectivity index (χ1v) is 4.90. The van der Waals surface area contributed by atoms with Gasteiger partial charge in [0.15, 0.2) is 0 Å². The molecular formula is C9H16N2O5. The summed E-state index contributed by atoms with van der Waals surface area (Å²) >= 11 is 0. The molecule has 0 bridgehead atoms. The zero-order valence-electron chi connectivity index (χ0n) is 9.10. The first-order valence-electron chi connectivity index (χ1n) is 4.90. The second-order valence-electron chi connectivity index (χ2n) is 4.14. The van der Waals surface area contributed by atoms with E-state index in [-0.39, 0.29) is 12.5 Å². The second kappa shape index (κ2) is 4.36. The van der Waals surface area contributed by atoms with Crippen molar-refractivity contribution in [3.63, 3.8) is 0 Å². The summed E-state index contributed by atoms with van der Waals surface area (Å²) in [5, 5.41) is 33.3. The van der Waals surface area contributed by atoms with Crippen molar-refractivity contribution < 1.29 is 24.9 Å². The highest BCUT2D eigenvalue weighted by atomic mass is 16.4. The van der Waals surface area contributed by atoms with Gasteiger partial charge < -0.3 is 20.6 Å². The molecule has 0 saturated carbocycles. The first kappa shape index (κ1) is 12.9. The third kappa shape index (κ3) is 2.31. The fraction of sp³-hybridized carbons (Fsp3) is 0.778. The fourth-order valence-electron chi connectivity index (χ4n) is 1.83. The summed E-state index contributed by atoms with van der Waals surface area (Å²) in [6.45, 7) is 2.74. The number of nitrogens with one attached hydrogen (secondary N) is 2. The van der Waals surface area contributed by atoms with Crippen molar-refractivity contribution in [2.24, 2.45) is 5.92 Å². The number of hydrogen-bond acceptors (Lipinski definition) is 5. The Labute approximate surface area is 92.5 Å². The van der Waals surface area contributed by atoms with Crippen LogP contribution in [0.2, 0.25) is 0 Å². The predicted octanol–water partition coefficient (Wildman–Crippen LogP) is -2.14. The smallest absolute Gasteiger partial charge is 0.310 e. The number of carbonyl (C=O) groups excluding carboxylic acids is 1. The minimum absolute atomic E-state index is 0.0235. The molecule has 5 N–H and O–H groups in total. The van der Waals surface area contributed by atoms with Gasteiger partial charge in [-0.2, -0.15) is 0 Å². The third-order valence-corrected chi connectivity index (χ3v) is 2.77. The normalized spacial score (nSPS) is 39.1. The van der Waals surface area contributed by atoms with Crippen molar-refractivity contribution in [2.45, 2.75) is 31.7 Å². The highest BCUT2D eigenvalue weighted by molar-refractivity contribution is 5.74. The summed E-state index contributed by atoms with van der Waals surface area (Å²) in [4.78, 5) is 21.7. The highest BCUT2D eigenvalue weighted by Gasteiger charge is 2.48. The van der Waals surface area contributed by atoms with E-state index in [0.717, 1.165) is 0 Å². The van der Waals surface area contributed by atoms with Gasteiger partial charge in [0, 0.05) is 13.5 Å². The van der Waals surface area contributed by atoms with Crippen LogP contribution >= 0.6 is 0 Å². The number of piperidine rings is 1. The van der Waals surface area contributed by atoms with E-state index in [1.54, 1.807) is 0 Å². The molecule has 92 valence electrons. The van der Waals surface area contributed by atoms with Gasteiger partial charge in [0.25, 0.3) is 0 Å². The SMILES string of the molecule is CC(=O)N[C@@]1(C)NCC(C(=O)O)[C@H](O)C1O. The lowest BCUT2D eigenvalue weighted by Crippen LogP contribution is -2.72. The number of rotatable bonds is 2. The molecule has 4 atom stereocenters. The Morgan fingerprint density at radius 1 is 1.44 bits per heavy atom. The largest absolute Gasteiger partial charge is 0.481 e. The van der Waals surface area contributed by atoms with Gasteiger partial charge in [0.05, 0.1) is 12.0 Å². The monoisotopic (exact) mass is 232 g/mol. The number of aliphatic hydroxyl groups excluding tert-OH is 2. The van der Waals surface area contributed by atoms with E-state index < -0.39 is 29.8 Å². The summed E-state index contributed by atoms with van der Waals surface area (Å²) in [6.07, 6.45) is -2.80. The average molecular weight is 232 g/mol. The Kier molecular flexibility index (Phi) is 3.51. The van der Waals surface area contributed by atoms with Gasteiger partial charge in [0.1, 0.15) is 11.8 Å². The lowest BCUT2D eigenvalue weighted by Gasteiger charge is -2.44. The van der Waals surface area contributed by atoms with Crippen molar-refractivity contribution in [1.29, 1.82) is 0 Å². The molecule has 7 heteroatoms. The van der Waals surface area contributed by atoms with Crippen LogP contribution in [-0.4, -0.2) is 51.6 Å². The fourth-order valence-corrected chi connectivity index (χ4v) is 1.83. The van der Waals surface area contributed by atoms with Gasteiger partial charge in [0.2, 0.25) is 5.91 Å². The number of carboxylic acids is 1. The average Bonchev–Trinajstić information content (AvgIpc) is 2.12. The molecule has 1 rings (SSSR count). The summed E-state index contributed by atoms with van der Waals surface area (Å²) in [7, 11) is 0. The lowest BCUT2D eigenvalue weighted by atomic mass is 9.85. The molecule has 0 aromatic heterocycles. The maximum absolute atomic E-state index is 10.9. The van der Waals surface area contributed by atoms with Gasteiger partial charge in [-0.05, 0) is 6.92 Å². The molecule has 1 fully saturated rings. The minimum atomic E-state index is -1.42. The summed E-state index contributed by atoms with van der Waals surface area (Å²) in [6, 6.07) is 0. The van der Waals surface area contributed by atoms with Crippen LogP contribution in [0.4, 0.5) is 0 Å².